The zero-order valence-corrected chi connectivity index (χ0v) is 20.6. The third kappa shape index (κ3) is 4.89. The van der Waals surface area contributed by atoms with Gasteiger partial charge in [0.25, 0.3) is 0 Å². The second-order valence-corrected chi connectivity index (χ2v) is 9.73. The molecule has 0 bridgehead atoms. The molecule has 1 aliphatic rings. The highest BCUT2D eigenvalue weighted by Crippen LogP contribution is 2.34. The molecule has 0 radical (unpaired) electrons. The second-order valence-electron chi connectivity index (χ2n) is 9.73. The van der Waals surface area contributed by atoms with Gasteiger partial charge in [-0.2, -0.15) is 4.98 Å². The third-order valence-electron chi connectivity index (χ3n) is 7.19. The first-order valence-corrected chi connectivity index (χ1v) is 12.8. The molecule has 7 heteroatoms. The molecule has 0 spiro atoms. The number of piperidine rings is 1. The zero-order chi connectivity index (χ0) is 25.2. The summed E-state index contributed by atoms with van der Waals surface area (Å²) >= 11 is 0. The van der Waals surface area contributed by atoms with Gasteiger partial charge in [0, 0.05) is 18.7 Å². The van der Waals surface area contributed by atoms with Crippen LogP contribution in [0.4, 0.5) is 16.2 Å². The third-order valence-corrected chi connectivity index (χ3v) is 7.19. The van der Waals surface area contributed by atoms with Crippen LogP contribution in [0.1, 0.15) is 24.0 Å². The number of nitrogen functional groups attached to an aromatic ring is 1. The molecule has 0 atom stereocenters. The Morgan fingerprint density at radius 1 is 0.811 bits per heavy atom. The van der Waals surface area contributed by atoms with E-state index in [9.17, 15) is 4.39 Å². The number of fused-ring (bicyclic) bond motifs is 1. The topological polar surface area (TPSA) is 72.9 Å². The predicted octanol–water partition coefficient (Wildman–Crippen LogP) is 5.72. The van der Waals surface area contributed by atoms with E-state index in [1.165, 1.54) is 17.7 Å². The minimum Gasteiger partial charge on any atom is -0.383 e. The first-order valence-electron chi connectivity index (χ1n) is 12.8. The van der Waals surface area contributed by atoms with Crippen molar-refractivity contribution >= 4 is 22.8 Å². The molecule has 0 aliphatic carbocycles. The molecule has 6 nitrogen and oxygen atoms in total. The molecule has 1 aliphatic heterocycles. The van der Waals surface area contributed by atoms with Crippen molar-refractivity contribution in [2.75, 3.05) is 23.7 Å². The molecule has 0 amide bonds. The standard InChI is InChI=1S/C30H29FN6/c31-25-13-11-24(12-14-25)27-26-28(32)37(20-23-9-5-2-6-10-23)35-29(26)34-30(33-27)36-17-15-22(16-18-36)19-21-7-3-1-4-8-21/h1-14,22H,15-20,32H2. The van der Waals surface area contributed by atoms with Gasteiger partial charge >= 0.3 is 0 Å². The summed E-state index contributed by atoms with van der Waals surface area (Å²) in [7, 11) is 0. The van der Waals surface area contributed by atoms with Crippen molar-refractivity contribution < 1.29 is 4.39 Å². The quantitative estimate of drug-likeness (QED) is 0.328. The van der Waals surface area contributed by atoms with Crippen LogP contribution in [0.25, 0.3) is 22.3 Å². The van der Waals surface area contributed by atoms with Gasteiger partial charge in [-0.3, -0.25) is 0 Å². The number of hydrogen-bond acceptors (Lipinski definition) is 5. The lowest BCUT2D eigenvalue weighted by atomic mass is 9.90. The highest BCUT2D eigenvalue weighted by molar-refractivity contribution is 5.99. The van der Waals surface area contributed by atoms with E-state index >= 15 is 0 Å². The van der Waals surface area contributed by atoms with Crippen LogP contribution < -0.4 is 10.6 Å². The van der Waals surface area contributed by atoms with Crippen LogP contribution in [-0.2, 0) is 13.0 Å². The Hall–Kier alpha value is -4.26. The van der Waals surface area contributed by atoms with E-state index in [0.717, 1.165) is 43.5 Å². The lowest BCUT2D eigenvalue weighted by Gasteiger charge is -2.32. The molecule has 2 N–H and O–H groups in total. The summed E-state index contributed by atoms with van der Waals surface area (Å²) in [4.78, 5) is 12.1. The smallest absolute Gasteiger partial charge is 0.228 e. The van der Waals surface area contributed by atoms with Crippen LogP contribution in [0.2, 0.25) is 0 Å². The van der Waals surface area contributed by atoms with Crippen LogP contribution in [0.3, 0.4) is 0 Å². The minimum atomic E-state index is -0.289. The van der Waals surface area contributed by atoms with E-state index in [0.29, 0.717) is 41.0 Å². The van der Waals surface area contributed by atoms with Crippen LogP contribution in [0.15, 0.2) is 84.9 Å². The van der Waals surface area contributed by atoms with E-state index in [-0.39, 0.29) is 5.82 Å². The first-order chi connectivity index (χ1) is 18.1. The molecule has 0 saturated carbocycles. The maximum absolute atomic E-state index is 13.7. The molecule has 37 heavy (non-hydrogen) atoms. The monoisotopic (exact) mass is 492 g/mol. The average Bonchev–Trinajstić information content (AvgIpc) is 3.25. The molecule has 0 unspecified atom stereocenters. The Kier molecular flexibility index (Phi) is 6.26. The van der Waals surface area contributed by atoms with Crippen molar-refractivity contribution in [1.82, 2.24) is 19.7 Å². The van der Waals surface area contributed by atoms with Crippen molar-refractivity contribution in [2.45, 2.75) is 25.8 Å². The molecule has 6 rings (SSSR count). The highest BCUT2D eigenvalue weighted by atomic mass is 19.1. The maximum Gasteiger partial charge on any atom is 0.228 e. The lowest BCUT2D eigenvalue weighted by Crippen LogP contribution is -2.35. The highest BCUT2D eigenvalue weighted by Gasteiger charge is 2.25. The maximum atomic E-state index is 13.7. The fourth-order valence-electron chi connectivity index (χ4n) is 5.16. The molecule has 1 fully saturated rings. The number of anilines is 2. The van der Waals surface area contributed by atoms with Gasteiger partial charge in [0.1, 0.15) is 11.6 Å². The minimum absolute atomic E-state index is 0.289. The van der Waals surface area contributed by atoms with Crippen LogP contribution in [-0.4, -0.2) is 32.8 Å². The van der Waals surface area contributed by atoms with Crippen LogP contribution in [0.5, 0.6) is 0 Å². The molecule has 2 aromatic heterocycles. The van der Waals surface area contributed by atoms with E-state index in [1.54, 1.807) is 16.8 Å². The number of halogens is 1. The normalized spacial score (nSPS) is 14.4. The number of hydrogen-bond donors (Lipinski definition) is 1. The van der Waals surface area contributed by atoms with E-state index in [4.69, 9.17) is 20.8 Å². The Morgan fingerprint density at radius 3 is 2.14 bits per heavy atom. The number of benzene rings is 3. The van der Waals surface area contributed by atoms with Crippen molar-refractivity contribution in [1.29, 1.82) is 0 Å². The fraction of sp³-hybridized carbons (Fsp3) is 0.233. The van der Waals surface area contributed by atoms with Gasteiger partial charge < -0.3 is 10.6 Å². The van der Waals surface area contributed by atoms with Crippen molar-refractivity contribution in [3.63, 3.8) is 0 Å². The summed E-state index contributed by atoms with van der Waals surface area (Å²) in [6.07, 6.45) is 3.25. The van der Waals surface area contributed by atoms with Gasteiger partial charge in [0.05, 0.1) is 17.6 Å². The van der Waals surface area contributed by atoms with E-state index in [1.807, 2.05) is 30.3 Å². The van der Waals surface area contributed by atoms with Gasteiger partial charge in [-0.25, -0.2) is 14.1 Å². The van der Waals surface area contributed by atoms with Gasteiger partial charge in [0.2, 0.25) is 5.95 Å². The molecule has 3 aromatic carbocycles. The Balaban J connectivity index is 1.33. The molecule has 5 aromatic rings. The SMILES string of the molecule is Nc1c2c(-c3ccc(F)cc3)nc(N3CCC(Cc4ccccc4)CC3)nc2nn1Cc1ccccc1. The van der Waals surface area contributed by atoms with Gasteiger partial charge in [-0.1, -0.05) is 60.7 Å². The average molecular weight is 493 g/mol. The number of nitrogens with zero attached hydrogens (tertiary/aromatic N) is 5. The molecule has 3 heterocycles. The summed E-state index contributed by atoms with van der Waals surface area (Å²) in [5.41, 5.74) is 11.1. The summed E-state index contributed by atoms with van der Waals surface area (Å²) in [6.45, 7) is 2.30. The number of nitrogens with two attached hydrogens (primary N) is 1. The van der Waals surface area contributed by atoms with Crippen molar-refractivity contribution in [2.24, 2.45) is 5.92 Å². The van der Waals surface area contributed by atoms with Crippen LogP contribution >= 0.6 is 0 Å². The molecule has 186 valence electrons. The van der Waals surface area contributed by atoms with E-state index in [2.05, 4.69) is 35.2 Å². The fourth-order valence-corrected chi connectivity index (χ4v) is 5.16. The lowest BCUT2D eigenvalue weighted by molar-refractivity contribution is 0.401. The van der Waals surface area contributed by atoms with Gasteiger partial charge in [-0.05, 0) is 60.6 Å². The Labute approximate surface area is 215 Å². The van der Waals surface area contributed by atoms with E-state index < -0.39 is 0 Å². The summed E-state index contributed by atoms with van der Waals surface area (Å²) in [6, 6.07) is 27.1. The summed E-state index contributed by atoms with van der Waals surface area (Å²) in [5.74, 6) is 1.50. The summed E-state index contributed by atoms with van der Waals surface area (Å²) < 4.78 is 15.5. The van der Waals surface area contributed by atoms with Crippen LogP contribution in [0, 0.1) is 11.7 Å². The van der Waals surface area contributed by atoms with Crippen molar-refractivity contribution in [3.05, 3.63) is 102 Å². The number of aromatic nitrogens is 4. The largest absolute Gasteiger partial charge is 0.383 e. The van der Waals surface area contributed by atoms with Gasteiger partial charge in [-0.15, -0.1) is 5.10 Å². The van der Waals surface area contributed by atoms with Crippen molar-refractivity contribution in [3.8, 4) is 11.3 Å². The molecular formula is C30H29FN6. The molecule has 1 saturated heterocycles. The van der Waals surface area contributed by atoms with Gasteiger partial charge in [0.15, 0.2) is 5.65 Å². The summed E-state index contributed by atoms with van der Waals surface area (Å²) in [5, 5.41) is 5.48. The predicted molar refractivity (Wildman–Crippen MR) is 146 cm³/mol. The Morgan fingerprint density at radius 2 is 1.46 bits per heavy atom. The molecular weight excluding hydrogens is 463 g/mol. The Bertz CT molecular complexity index is 1490. The first kappa shape index (κ1) is 23.2. The number of rotatable bonds is 6. The zero-order valence-electron chi connectivity index (χ0n) is 20.6. The second kappa shape index (κ2) is 10.0.